The van der Waals surface area contributed by atoms with Gasteiger partial charge in [0.05, 0.1) is 36.5 Å². The quantitative estimate of drug-likeness (QED) is 0.502. The van der Waals surface area contributed by atoms with Gasteiger partial charge in [-0.3, -0.25) is 0 Å². The van der Waals surface area contributed by atoms with Crippen LogP contribution in [0, 0.1) is 5.82 Å². The lowest BCUT2D eigenvalue weighted by Gasteiger charge is -2.13. The molecular weight excluding hydrogens is 351 g/mol. The number of ether oxygens (including phenoxy) is 1. The third-order valence-corrected chi connectivity index (χ3v) is 4.42. The molecule has 1 fully saturated rings. The Hall–Kier alpha value is -2.78. The van der Waals surface area contributed by atoms with Gasteiger partial charge in [0.15, 0.2) is 0 Å². The first-order chi connectivity index (χ1) is 13.2. The average molecular weight is 372 g/mol. The lowest BCUT2D eigenvalue weighted by molar-refractivity contribution is 0.193. The number of aromatic amines is 1. The van der Waals surface area contributed by atoms with E-state index < -0.39 is 0 Å². The van der Waals surface area contributed by atoms with Crippen molar-refractivity contribution in [3.8, 4) is 0 Å². The van der Waals surface area contributed by atoms with E-state index in [1.54, 1.807) is 6.07 Å². The van der Waals surface area contributed by atoms with E-state index in [0.717, 1.165) is 18.7 Å². The van der Waals surface area contributed by atoms with Crippen molar-refractivity contribution < 1.29 is 14.2 Å². The van der Waals surface area contributed by atoms with Crippen LogP contribution >= 0.6 is 0 Å². The fraction of sp³-hybridized carbons (Fsp3) is 0.389. The molecule has 3 aromatic rings. The molecule has 1 aliphatic heterocycles. The number of aromatic nitrogens is 4. The minimum atomic E-state index is -0.301. The molecule has 1 aliphatic rings. The third kappa shape index (κ3) is 4.15. The monoisotopic (exact) mass is 372 g/mol. The molecule has 4 N–H and O–H groups in total. The Bertz CT molecular complexity index is 925. The van der Waals surface area contributed by atoms with E-state index >= 15 is 0 Å². The lowest BCUT2D eigenvalue weighted by Crippen LogP contribution is -2.13. The summed E-state index contributed by atoms with van der Waals surface area (Å²) in [5.74, 6) is 1.73. The number of nitrogens with one attached hydrogen (secondary N) is 3. The van der Waals surface area contributed by atoms with Crippen LogP contribution in [0.2, 0.25) is 0 Å². The number of anilines is 2. The maximum absolute atomic E-state index is 13.3. The predicted molar refractivity (Wildman–Crippen MR) is 99.2 cm³/mol. The van der Waals surface area contributed by atoms with E-state index in [4.69, 9.17) is 9.84 Å². The van der Waals surface area contributed by atoms with Crippen LogP contribution in [0.15, 0.2) is 24.3 Å². The van der Waals surface area contributed by atoms with Crippen LogP contribution in [0.3, 0.4) is 0 Å². The van der Waals surface area contributed by atoms with Gasteiger partial charge in [0.2, 0.25) is 5.95 Å². The van der Waals surface area contributed by atoms with Gasteiger partial charge in [-0.1, -0.05) is 0 Å². The van der Waals surface area contributed by atoms with Crippen molar-refractivity contribution in [1.82, 2.24) is 19.9 Å². The fourth-order valence-electron chi connectivity index (χ4n) is 3.07. The molecule has 1 atom stereocenters. The van der Waals surface area contributed by atoms with Crippen molar-refractivity contribution in [3.05, 3.63) is 41.6 Å². The highest BCUT2D eigenvalue weighted by atomic mass is 19.1. The van der Waals surface area contributed by atoms with Gasteiger partial charge in [-0.15, -0.1) is 0 Å². The minimum Gasteiger partial charge on any atom is -0.395 e. The number of aliphatic hydroxyl groups is 1. The molecule has 0 radical (unpaired) electrons. The van der Waals surface area contributed by atoms with Gasteiger partial charge in [-0.2, -0.15) is 4.98 Å². The molecule has 4 rings (SSSR count). The first kappa shape index (κ1) is 17.6. The smallest absolute Gasteiger partial charge is 0.224 e. The average Bonchev–Trinajstić information content (AvgIpc) is 3.34. The van der Waals surface area contributed by atoms with Gasteiger partial charge in [0.1, 0.15) is 17.5 Å². The maximum atomic E-state index is 13.3. The number of hydrogen-bond donors (Lipinski definition) is 4. The van der Waals surface area contributed by atoms with Crippen LogP contribution in [0.1, 0.15) is 23.9 Å². The zero-order valence-corrected chi connectivity index (χ0v) is 14.7. The van der Waals surface area contributed by atoms with E-state index in [-0.39, 0.29) is 18.3 Å². The van der Waals surface area contributed by atoms with Crippen LogP contribution in [0.25, 0.3) is 11.0 Å². The number of nitrogens with zero attached hydrogens (tertiary/aromatic N) is 3. The molecule has 3 heterocycles. The van der Waals surface area contributed by atoms with Crippen LogP contribution in [-0.2, 0) is 11.3 Å². The number of imidazole rings is 1. The van der Waals surface area contributed by atoms with Crippen molar-refractivity contribution in [2.75, 3.05) is 37.0 Å². The van der Waals surface area contributed by atoms with Crippen molar-refractivity contribution in [2.45, 2.75) is 18.9 Å². The van der Waals surface area contributed by atoms with Gasteiger partial charge in [0, 0.05) is 25.1 Å². The molecule has 0 saturated carbocycles. The highest BCUT2D eigenvalue weighted by molar-refractivity contribution is 5.75. The Morgan fingerprint density at radius 3 is 2.96 bits per heavy atom. The highest BCUT2D eigenvalue weighted by Gasteiger charge is 2.21. The standard InChI is InChI=1S/C18H21FN6O2/c19-12-1-2-13-15(7-12)23-17(22-13)9-21-16-8-14(11-3-6-27-10-11)24-18(25-16)20-4-5-26/h1-2,7-8,11,26H,3-6,9-10H2,(H,22,23)(H2,20,21,24,25)/t11-/m1/s1. The van der Waals surface area contributed by atoms with Crippen LogP contribution in [0.5, 0.6) is 0 Å². The van der Waals surface area contributed by atoms with E-state index in [1.165, 1.54) is 12.1 Å². The Morgan fingerprint density at radius 2 is 2.15 bits per heavy atom. The molecule has 142 valence electrons. The van der Waals surface area contributed by atoms with Gasteiger partial charge in [-0.05, 0) is 24.6 Å². The summed E-state index contributed by atoms with van der Waals surface area (Å²) in [6.07, 6.45) is 0.922. The van der Waals surface area contributed by atoms with Crippen LogP contribution < -0.4 is 10.6 Å². The van der Waals surface area contributed by atoms with Crippen molar-refractivity contribution >= 4 is 22.8 Å². The topological polar surface area (TPSA) is 108 Å². The largest absolute Gasteiger partial charge is 0.395 e. The first-order valence-corrected chi connectivity index (χ1v) is 8.91. The Balaban J connectivity index is 1.52. The van der Waals surface area contributed by atoms with E-state index in [2.05, 4.69) is 30.6 Å². The van der Waals surface area contributed by atoms with Crippen molar-refractivity contribution in [3.63, 3.8) is 0 Å². The summed E-state index contributed by atoms with van der Waals surface area (Å²) in [5.41, 5.74) is 2.27. The zero-order chi connectivity index (χ0) is 18.6. The molecule has 1 saturated heterocycles. The molecule has 0 bridgehead atoms. The van der Waals surface area contributed by atoms with E-state index in [9.17, 15) is 4.39 Å². The van der Waals surface area contributed by atoms with Gasteiger partial charge < -0.3 is 25.5 Å². The minimum absolute atomic E-state index is 0.00155. The van der Waals surface area contributed by atoms with Crippen molar-refractivity contribution in [1.29, 1.82) is 0 Å². The number of hydrogen-bond acceptors (Lipinski definition) is 7. The summed E-state index contributed by atoms with van der Waals surface area (Å²) in [7, 11) is 0. The van der Waals surface area contributed by atoms with Crippen molar-refractivity contribution in [2.24, 2.45) is 0 Å². The number of fused-ring (bicyclic) bond motifs is 1. The van der Waals surface area contributed by atoms with E-state index in [0.29, 0.717) is 48.3 Å². The number of aliphatic hydroxyl groups excluding tert-OH is 1. The van der Waals surface area contributed by atoms with Gasteiger partial charge in [0.25, 0.3) is 0 Å². The van der Waals surface area contributed by atoms with Crippen LogP contribution in [0.4, 0.5) is 16.2 Å². The molecule has 0 spiro atoms. The summed E-state index contributed by atoms with van der Waals surface area (Å²) < 4.78 is 18.8. The molecule has 8 nitrogen and oxygen atoms in total. The zero-order valence-electron chi connectivity index (χ0n) is 14.7. The SMILES string of the molecule is OCCNc1nc(NCc2nc3ccc(F)cc3[nH]2)cc([C@@H]2CCOC2)n1. The van der Waals surface area contributed by atoms with E-state index in [1.807, 2.05) is 6.07 Å². The molecule has 0 amide bonds. The van der Waals surface area contributed by atoms with Gasteiger partial charge >= 0.3 is 0 Å². The molecule has 2 aromatic heterocycles. The molecule has 1 aromatic carbocycles. The summed E-state index contributed by atoms with van der Waals surface area (Å²) in [5, 5.41) is 15.3. The second-order valence-corrected chi connectivity index (χ2v) is 6.41. The summed E-state index contributed by atoms with van der Waals surface area (Å²) >= 11 is 0. The van der Waals surface area contributed by atoms with Gasteiger partial charge in [-0.25, -0.2) is 14.4 Å². The Labute approximate surface area is 155 Å². The third-order valence-electron chi connectivity index (χ3n) is 4.42. The second kappa shape index (κ2) is 7.85. The lowest BCUT2D eigenvalue weighted by atomic mass is 10.0. The normalized spacial score (nSPS) is 16.7. The van der Waals surface area contributed by atoms with Crippen LogP contribution in [-0.4, -0.2) is 51.4 Å². The number of benzene rings is 1. The summed E-state index contributed by atoms with van der Waals surface area (Å²) in [6.45, 7) is 2.16. The molecule has 0 unspecified atom stereocenters. The molecule has 9 heteroatoms. The first-order valence-electron chi connectivity index (χ1n) is 8.91. The number of halogens is 1. The molecular formula is C18H21FN6O2. The number of H-pyrrole nitrogens is 1. The Morgan fingerprint density at radius 1 is 1.22 bits per heavy atom. The summed E-state index contributed by atoms with van der Waals surface area (Å²) in [6, 6.07) is 6.36. The Kier molecular flexibility index (Phi) is 5.12. The predicted octanol–water partition coefficient (Wildman–Crippen LogP) is 2.01. The summed E-state index contributed by atoms with van der Waals surface area (Å²) in [4.78, 5) is 16.5. The maximum Gasteiger partial charge on any atom is 0.224 e. The molecule has 0 aliphatic carbocycles. The second-order valence-electron chi connectivity index (χ2n) is 6.41. The highest BCUT2D eigenvalue weighted by Crippen LogP contribution is 2.26. The fourth-order valence-corrected chi connectivity index (χ4v) is 3.07. The molecule has 27 heavy (non-hydrogen) atoms. The number of rotatable bonds is 7.